The van der Waals surface area contributed by atoms with Gasteiger partial charge in [0.1, 0.15) is 0 Å². The zero-order valence-electron chi connectivity index (χ0n) is 9.46. The number of likely N-dealkylation sites (tertiary alicyclic amines) is 1. The molecule has 0 spiro atoms. The molecule has 3 nitrogen and oxygen atoms in total. The molecule has 0 saturated carbocycles. The van der Waals surface area contributed by atoms with Gasteiger partial charge in [0.2, 0.25) is 0 Å². The van der Waals surface area contributed by atoms with Crippen LogP contribution in [0.2, 0.25) is 0 Å². The number of halogens is 3. The summed E-state index contributed by atoms with van der Waals surface area (Å²) in [7, 11) is 0. The summed E-state index contributed by atoms with van der Waals surface area (Å²) in [6.07, 6.45) is -1.45. The van der Waals surface area contributed by atoms with E-state index in [4.69, 9.17) is 5.73 Å². The summed E-state index contributed by atoms with van der Waals surface area (Å²) in [6, 6.07) is 0.486. The maximum absolute atomic E-state index is 11.8. The number of alkyl halides is 3. The Morgan fingerprint density at radius 2 is 2.06 bits per heavy atom. The first-order valence-corrected chi connectivity index (χ1v) is 5.60. The summed E-state index contributed by atoms with van der Waals surface area (Å²) < 4.78 is 39.3. The minimum absolute atomic E-state index is 0.195. The first-order chi connectivity index (χ1) is 7.44. The Hall–Kier alpha value is -0.330. The van der Waals surface area contributed by atoms with Crippen LogP contribution in [0, 0.1) is 0 Å². The van der Waals surface area contributed by atoms with Crippen molar-refractivity contribution in [3.8, 4) is 0 Å². The summed E-state index contributed by atoms with van der Waals surface area (Å²) in [5.41, 5.74) is 5.61. The topological polar surface area (TPSA) is 38.5 Å². The summed E-state index contributed by atoms with van der Waals surface area (Å²) in [6.45, 7) is 2.50. The van der Waals surface area contributed by atoms with Gasteiger partial charge in [0.25, 0.3) is 0 Å². The lowest BCUT2D eigenvalue weighted by Gasteiger charge is -2.40. The quantitative estimate of drug-likeness (QED) is 0.813. The van der Waals surface area contributed by atoms with E-state index >= 15 is 0 Å². The van der Waals surface area contributed by atoms with Crippen LogP contribution in [0.1, 0.15) is 26.2 Å². The predicted molar refractivity (Wildman–Crippen MR) is 54.9 cm³/mol. The van der Waals surface area contributed by atoms with Crippen LogP contribution in [-0.2, 0) is 4.74 Å². The molecule has 0 aromatic heterocycles. The summed E-state index contributed by atoms with van der Waals surface area (Å²) in [5.74, 6) is 0. The Bertz CT molecular complexity index is 211. The predicted octanol–water partition coefficient (Wildman–Crippen LogP) is 1.72. The third-order valence-electron chi connectivity index (χ3n) is 3.08. The van der Waals surface area contributed by atoms with Crippen molar-refractivity contribution >= 4 is 0 Å². The van der Waals surface area contributed by atoms with Gasteiger partial charge in [-0.25, -0.2) is 0 Å². The number of piperidine rings is 1. The molecule has 0 bridgehead atoms. The van der Waals surface area contributed by atoms with E-state index in [1.54, 1.807) is 0 Å². The molecule has 2 N–H and O–H groups in total. The molecule has 1 saturated heterocycles. The summed E-state index contributed by atoms with van der Waals surface area (Å²) >= 11 is 0. The van der Waals surface area contributed by atoms with Crippen molar-refractivity contribution in [3.63, 3.8) is 0 Å². The second-order valence-electron chi connectivity index (χ2n) is 4.20. The number of hydrogen-bond donors (Lipinski definition) is 1. The van der Waals surface area contributed by atoms with E-state index in [2.05, 4.69) is 4.74 Å². The third-order valence-corrected chi connectivity index (χ3v) is 3.08. The van der Waals surface area contributed by atoms with Crippen LogP contribution in [0.5, 0.6) is 0 Å². The highest BCUT2D eigenvalue weighted by Crippen LogP contribution is 2.22. The van der Waals surface area contributed by atoms with Crippen LogP contribution < -0.4 is 5.73 Å². The van der Waals surface area contributed by atoms with Crippen molar-refractivity contribution in [2.45, 2.75) is 44.6 Å². The van der Waals surface area contributed by atoms with E-state index in [0.29, 0.717) is 19.1 Å². The van der Waals surface area contributed by atoms with Crippen molar-refractivity contribution in [2.24, 2.45) is 5.73 Å². The van der Waals surface area contributed by atoms with Crippen LogP contribution in [0.25, 0.3) is 0 Å². The van der Waals surface area contributed by atoms with Gasteiger partial charge in [-0.15, -0.1) is 13.2 Å². The highest BCUT2D eigenvalue weighted by atomic mass is 19.4. The van der Waals surface area contributed by atoms with Gasteiger partial charge in [0, 0.05) is 25.2 Å². The van der Waals surface area contributed by atoms with E-state index in [1.807, 2.05) is 11.8 Å². The molecular weight excluding hydrogens is 221 g/mol. The molecule has 1 rings (SSSR count). The van der Waals surface area contributed by atoms with Crippen molar-refractivity contribution < 1.29 is 17.9 Å². The minimum Gasteiger partial charge on any atom is -0.329 e. The molecule has 1 fully saturated rings. The number of nitrogens with two attached hydrogens (primary N) is 1. The molecule has 0 aromatic rings. The van der Waals surface area contributed by atoms with Crippen molar-refractivity contribution in [1.82, 2.24) is 4.90 Å². The second-order valence-corrected chi connectivity index (χ2v) is 4.20. The van der Waals surface area contributed by atoms with Gasteiger partial charge in [-0.2, -0.15) is 0 Å². The average molecular weight is 240 g/mol. The zero-order chi connectivity index (χ0) is 12.2. The minimum atomic E-state index is -4.53. The van der Waals surface area contributed by atoms with Gasteiger partial charge in [0.15, 0.2) is 0 Å². The molecule has 0 aliphatic carbocycles. The number of hydrogen-bond acceptors (Lipinski definition) is 3. The molecule has 2 unspecified atom stereocenters. The van der Waals surface area contributed by atoms with Gasteiger partial charge in [0.05, 0.1) is 6.61 Å². The highest BCUT2D eigenvalue weighted by molar-refractivity contribution is 4.82. The van der Waals surface area contributed by atoms with Crippen molar-refractivity contribution in [2.75, 3.05) is 19.7 Å². The average Bonchev–Trinajstić information content (AvgIpc) is 2.18. The van der Waals surface area contributed by atoms with Crippen LogP contribution in [0.4, 0.5) is 13.2 Å². The first kappa shape index (κ1) is 13.7. The fourth-order valence-corrected chi connectivity index (χ4v) is 2.26. The Morgan fingerprint density at radius 1 is 1.38 bits per heavy atom. The number of nitrogens with zero attached hydrogens (tertiary/aromatic N) is 1. The Kier molecular flexibility index (Phi) is 5.01. The Labute approximate surface area is 93.7 Å². The van der Waals surface area contributed by atoms with Crippen LogP contribution in [0.15, 0.2) is 0 Å². The van der Waals surface area contributed by atoms with E-state index in [1.165, 1.54) is 0 Å². The second kappa shape index (κ2) is 5.84. The molecule has 0 aromatic carbocycles. The molecule has 2 atom stereocenters. The van der Waals surface area contributed by atoms with Gasteiger partial charge in [-0.1, -0.05) is 6.42 Å². The lowest BCUT2D eigenvalue weighted by atomic mass is 9.96. The van der Waals surface area contributed by atoms with Gasteiger partial charge in [-0.3, -0.25) is 9.64 Å². The fourth-order valence-electron chi connectivity index (χ4n) is 2.26. The van der Waals surface area contributed by atoms with Crippen LogP contribution >= 0.6 is 0 Å². The molecule has 96 valence electrons. The largest absolute Gasteiger partial charge is 0.522 e. The highest BCUT2D eigenvalue weighted by Gasteiger charge is 2.31. The molecular formula is C10H19F3N2O. The molecule has 1 aliphatic rings. The molecule has 6 heteroatoms. The molecule has 1 aliphatic heterocycles. The maximum Gasteiger partial charge on any atom is 0.522 e. The smallest absolute Gasteiger partial charge is 0.329 e. The normalized spacial score (nSPS) is 28.3. The summed E-state index contributed by atoms with van der Waals surface area (Å²) in [5, 5.41) is 0. The third kappa shape index (κ3) is 4.27. The first-order valence-electron chi connectivity index (χ1n) is 5.60. The van der Waals surface area contributed by atoms with Crippen LogP contribution in [0.3, 0.4) is 0 Å². The zero-order valence-corrected chi connectivity index (χ0v) is 9.46. The standard InChI is InChI=1S/C10H19F3N2O/c1-8-3-2-4-9(7-14)15(8)5-6-16-10(11,12)13/h8-9H,2-7,14H2,1H3. The Balaban J connectivity index is 2.37. The number of ether oxygens (including phenoxy) is 1. The maximum atomic E-state index is 11.8. The van der Waals surface area contributed by atoms with Gasteiger partial charge < -0.3 is 5.73 Å². The van der Waals surface area contributed by atoms with Gasteiger partial charge in [-0.05, 0) is 19.8 Å². The lowest BCUT2D eigenvalue weighted by Crippen LogP contribution is -2.50. The molecule has 16 heavy (non-hydrogen) atoms. The number of rotatable bonds is 4. The molecule has 0 radical (unpaired) electrons. The van der Waals surface area contributed by atoms with Crippen molar-refractivity contribution in [3.05, 3.63) is 0 Å². The van der Waals surface area contributed by atoms with E-state index in [-0.39, 0.29) is 12.6 Å². The fraction of sp³-hybridized carbons (Fsp3) is 1.00. The molecule has 1 heterocycles. The monoisotopic (exact) mass is 240 g/mol. The van der Waals surface area contributed by atoms with Crippen LogP contribution in [-0.4, -0.2) is 43.0 Å². The van der Waals surface area contributed by atoms with E-state index in [0.717, 1.165) is 19.3 Å². The molecule has 0 amide bonds. The lowest BCUT2D eigenvalue weighted by molar-refractivity contribution is -0.325. The Morgan fingerprint density at radius 3 is 2.62 bits per heavy atom. The summed E-state index contributed by atoms with van der Waals surface area (Å²) in [4.78, 5) is 2.02. The van der Waals surface area contributed by atoms with Crippen molar-refractivity contribution in [1.29, 1.82) is 0 Å². The SMILES string of the molecule is CC1CCCC(CN)N1CCOC(F)(F)F. The van der Waals surface area contributed by atoms with E-state index < -0.39 is 6.36 Å². The van der Waals surface area contributed by atoms with E-state index in [9.17, 15) is 13.2 Å². The van der Waals surface area contributed by atoms with Gasteiger partial charge >= 0.3 is 6.36 Å².